The summed E-state index contributed by atoms with van der Waals surface area (Å²) >= 11 is 0. The molecule has 0 radical (unpaired) electrons. The largest absolute Gasteiger partial charge is 0.354 e. The fourth-order valence-electron chi connectivity index (χ4n) is 2.80. The van der Waals surface area contributed by atoms with E-state index in [4.69, 9.17) is 4.98 Å². The predicted molar refractivity (Wildman–Crippen MR) is 80.7 cm³/mol. The van der Waals surface area contributed by atoms with Crippen molar-refractivity contribution in [3.63, 3.8) is 0 Å². The summed E-state index contributed by atoms with van der Waals surface area (Å²) in [7, 11) is 1.97. The topological polar surface area (TPSA) is 31.4 Å². The zero-order valence-electron chi connectivity index (χ0n) is 12.6. The van der Waals surface area contributed by atoms with Crippen LogP contribution in [-0.4, -0.2) is 49.2 Å². The third-order valence-electron chi connectivity index (χ3n) is 4.04. The molecule has 1 atom stereocenters. The number of anilines is 1. The molecule has 4 heteroatoms. The van der Waals surface area contributed by atoms with Crippen molar-refractivity contribution in [1.82, 2.24) is 15.2 Å². The first kappa shape index (κ1) is 14.3. The minimum Gasteiger partial charge on any atom is -0.354 e. The van der Waals surface area contributed by atoms with Gasteiger partial charge in [0, 0.05) is 37.9 Å². The van der Waals surface area contributed by atoms with Gasteiger partial charge < -0.3 is 10.2 Å². The molecule has 2 rings (SSSR count). The summed E-state index contributed by atoms with van der Waals surface area (Å²) in [5.74, 6) is 1.12. The van der Waals surface area contributed by atoms with E-state index in [1.54, 1.807) is 0 Å². The highest BCUT2D eigenvalue weighted by molar-refractivity contribution is 5.42. The van der Waals surface area contributed by atoms with Crippen LogP contribution in [0.5, 0.6) is 0 Å². The van der Waals surface area contributed by atoms with Crippen molar-refractivity contribution in [3.8, 4) is 0 Å². The van der Waals surface area contributed by atoms with Gasteiger partial charge in [-0.2, -0.15) is 0 Å². The number of hydrogen-bond donors (Lipinski definition) is 1. The van der Waals surface area contributed by atoms with E-state index < -0.39 is 0 Å². The maximum Gasteiger partial charge on any atom is 0.128 e. The van der Waals surface area contributed by atoms with Crippen LogP contribution in [0, 0.1) is 6.92 Å². The number of hydrogen-bond acceptors (Lipinski definition) is 4. The van der Waals surface area contributed by atoms with Crippen molar-refractivity contribution in [1.29, 1.82) is 0 Å². The number of aromatic nitrogens is 1. The molecule has 0 bridgehead atoms. The number of nitrogens with one attached hydrogen (secondary N) is 1. The van der Waals surface area contributed by atoms with Gasteiger partial charge in [0.05, 0.1) is 0 Å². The Morgan fingerprint density at radius 2 is 2.16 bits per heavy atom. The summed E-state index contributed by atoms with van der Waals surface area (Å²) in [5.41, 5.74) is 2.42. The molecule has 0 aromatic carbocycles. The molecule has 1 saturated heterocycles. The molecule has 0 aliphatic carbocycles. The lowest BCUT2D eigenvalue weighted by Crippen LogP contribution is -2.52. The lowest BCUT2D eigenvalue weighted by molar-refractivity contribution is 0.199. The van der Waals surface area contributed by atoms with E-state index in [0.717, 1.165) is 44.2 Å². The van der Waals surface area contributed by atoms with Crippen LogP contribution in [0.2, 0.25) is 0 Å². The molecule has 1 aromatic rings. The first-order chi connectivity index (χ1) is 9.15. The normalized spacial score (nSPS) is 20.8. The third-order valence-corrected chi connectivity index (χ3v) is 4.04. The number of nitrogens with zero attached hydrogens (tertiary/aromatic N) is 3. The van der Waals surface area contributed by atoms with Gasteiger partial charge >= 0.3 is 0 Å². The van der Waals surface area contributed by atoms with Crippen molar-refractivity contribution in [2.75, 3.05) is 38.1 Å². The second-order valence-electron chi connectivity index (χ2n) is 5.37. The lowest BCUT2D eigenvalue weighted by atomic mass is 10.1. The Bertz CT molecular complexity index is 419. The monoisotopic (exact) mass is 262 g/mol. The maximum absolute atomic E-state index is 4.77. The van der Waals surface area contributed by atoms with E-state index in [1.165, 1.54) is 5.56 Å². The third kappa shape index (κ3) is 3.25. The smallest absolute Gasteiger partial charge is 0.128 e. The van der Waals surface area contributed by atoms with E-state index in [9.17, 15) is 0 Å². The summed E-state index contributed by atoms with van der Waals surface area (Å²) < 4.78 is 0. The number of aryl methyl sites for hydroxylation is 1. The second kappa shape index (κ2) is 6.35. The number of piperazine rings is 1. The molecular weight excluding hydrogens is 236 g/mol. The van der Waals surface area contributed by atoms with Gasteiger partial charge in [-0.3, -0.25) is 4.90 Å². The van der Waals surface area contributed by atoms with Crippen LogP contribution in [0.4, 0.5) is 5.82 Å². The highest BCUT2D eigenvalue weighted by Crippen LogP contribution is 2.19. The predicted octanol–water partition coefficient (Wildman–Crippen LogP) is 1.64. The fourth-order valence-corrected chi connectivity index (χ4v) is 2.80. The van der Waals surface area contributed by atoms with Gasteiger partial charge in [-0.05, 0) is 39.1 Å². The fraction of sp³-hybridized carbons (Fsp3) is 0.667. The number of rotatable bonds is 4. The Labute approximate surface area is 116 Å². The van der Waals surface area contributed by atoms with Crippen molar-refractivity contribution < 1.29 is 0 Å². The SMILES string of the molecule is CCN1CCN(c2ccc(CNC)c(C)n2)CC1C. The van der Waals surface area contributed by atoms with Crippen LogP contribution in [0.15, 0.2) is 12.1 Å². The summed E-state index contributed by atoms with van der Waals surface area (Å²) in [6, 6.07) is 4.97. The molecule has 4 nitrogen and oxygen atoms in total. The van der Waals surface area contributed by atoms with E-state index in [0.29, 0.717) is 6.04 Å². The molecule has 0 saturated carbocycles. The standard InChI is InChI=1S/C15H26N4/c1-5-18-8-9-19(11-12(18)2)15-7-6-14(10-16-4)13(3)17-15/h6-7,12,16H,5,8-11H2,1-4H3. The van der Waals surface area contributed by atoms with Gasteiger partial charge in [0.1, 0.15) is 5.82 Å². The quantitative estimate of drug-likeness (QED) is 0.894. The zero-order valence-corrected chi connectivity index (χ0v) is 12.6. The van der Waals surface area contributed by atoms with Gasteiger partial charge in [0.15, 0.2) is 0 Å². The molecule has 1 N–H and O–H groups in total. The Morgan fingerprint density at radius 3 is 2.74 bits per heavy atom. The van der Waals surface area contributed by atoms with E-state index in [1.807, 2.05) is 7.05 Å². The number of pyridine rings is 1. The summed E-state index contributed by atoms with van der Waals surface area (Å²) in [6.45, 7) is 12.0. The summed E-state index contributed by atoms with van der Waals surface area (Å²) in [5, 5.41) is 3.18. The molecule has 1 fully saturated rings. The van der Waals surface area contributed by atoms with E-state index in [-0.39, 0.29) is 0 Å². The lowest BCUT2D eigenvalue weighted by Gasteiger charge is -2.40. The molecule has 1 aliphatic heterocycles. The number of likely N-dealkylation sites (N-methyl/N-ethyl adjacent to an activating group) is 1. The van der Waals surface area contributed by atoms with Crippen molar-refractivity contribution in [2.24, 2.45) is 0 Å². The van der Waals surface area contributed by atoms with Gasteiger partial charge in [-0.1, -0.05) is 13.0 Å². The maximum atomic E-state index is 4.77. The summed E-state index contributed by atoms with van der Waals surface area (Å²) in [6.07, 6.45) is 0. The van der Waals surface area contributed by atoms with Crippen LogP contribution in [-0.2, 0) is 6.54 Å². The summed E-state index contributed by atoms with van der Waals surface area (Å²) in [4.78, 5) is 9.70. The minimum absolute atomic E-state index is 0.609. The van der Waals surface area contributed by atoms with E-state index in [2.05, 4.69) is 48.0 Å². The molecule has 106 valence electrons. The van der Waals surface area contributed by atoms with Gasteiger partial charge in [-0.15, -0.1) is 0 Å². The van der Waals surface area contributed by atoms with Gasteiger partial charge in [0.2, 0.25) is 0 Å². The Morgan fingerprint density at radius 1 is 1.37 bits per heavy atom. The van der Waals surface area contributed by atoms with Crippen LogP contribution >= 0.6 is 0 Å². The van der Waals surface area contributed by atoms with Crippen molar-refractivity contribution in [3.05, 3.63) is 23.4 Å². The first-order valence-electron chi connectivity index (χ1n) is 7.25. The van der Waals surface area contributed by atoms with Crippen LogP contribution < -0.4 is 10.2 Å². The molecule has 0 amide bonds. The first-order valence-corrected chi connectivity index (χ1v) is 7.25. The average molecular weight is 262 g/mol. The van der Waals surface area contributed by atoms with Gasteiger partial charge in [0.25, 0.3) is 0 Å². The highest BCUT2D eigenvalue weighted by atomic mass is 15.3. The molecule has 19 heavy (non-hydrogen) atoms. The minimum atomic E-state index is 0.609. The van der Waals surface area contributed by atoms with E-state index >= 15 is 0 Å². The molecule has 1 aromatic heterocycles. The molecular formula is C15H26N4. The van der Waals surface area contributed by atoms with Crippen LogP contribution in [0.1, 0.15) is 25.1 Å². The highest BCUT2D eigenvalue weighted by Gasteiger charge is 2.23. The van der Waals surface area contributed by atoms with Crippen molar-refractivity contribution in [2.45, 2.75) is 33.4 Å². The average Bonchev–Trinajstić information content (AvgIpc) is 2.41. The van der Waals surface area contributed by atoms with Crippen LogP contribution in [0.3, 0.4) is 0 Å². The Hall–Kier alpha value is -1.13. The molecule has 2 heterocycles. The zero-order chi connectivity index (χ0) is 13.8. The van der Waals surface area contributed by atoms with Crippen LogP contribution in [0.25, 0.3) is 0 Å². The Kier molecular flexibility index (Phi) is 4.77. The molecule has 1 aliphatic rings. The second-order valence-corrected chi connectivity index (χ2v) is 5.37. The Balaban J connectivity index is 2.08. The van der Waals surface area contributed by atoms with Crippen molar-refractivity contribution >= 4 is 5.82 Å². The molecule has 1 unspecified atom stereocenters. The molecule has 0 spiro atoms. The van der Waals surface area contributed by atoms with Gasteiger partial charge in [-0.25, -0.2) is 4.98 Å².